The number of hydrogen-bond acceptors (Lipinski definition) is 9. The molecule has 0 saturated heterocycles. The molecule has 34 heavy (non-hydrogen) atoms. The first-order valence-electron chi connectivity index (χ1n) is 9.79. The number of hydrogen-bond donors (Lipinski definition) is 4. The van der Waals surface area contributed by atoms with Gasteiger partial charge in [0.05, 0.1) is 15.5 Å². The van der Waals surface area contributed by atoms with E-state index in [0.717, 1.165) is 17.7 Å². The Bertz CT molecular complexity index is 1590. The zero-order valence-electron chi connectivity index (χ0n) is 17.7. The maximum absolute atomic E-state index is 11.8. The summed E-state index contributed by atoms with van der Waals surface area (Å²) in [6, 6.07) is 15.5. The van der Waals surface area contributed by atoms with Crippen molar-refractivity contribution in [2.75, 3.05) is 10.6 Å². The molecule has 0 aliphatic heterocycles. The SMILES string of the molecule is Cc1nc(NCc2ccccc2)nc(Nc2cc(S(=O)(=O)O)cc3cc(S(=O)(=O)O)ccc23)n1. The molecule has 0 unspecified atom stereocenters. The van der Waals surface area contributed by atoms with Gasteiger partial charge < -0.3 is 10.6 Å². The van der Waals surface area contributed by atoms with E-state index in [4.69, 9.17) is 0 Å². The van der Waals surface area contributed by atoms with Crippen molar-refractivity contribution in [3.8, 4) is 0 Å². The number of nitrogens with zero attached hydrogens (tertiary/aromatic N) is 3. The predicted molar refractivity (Wildman–Crippen MR) is 125 cm³/mol. The highest BCUT2D eigenvalue weighted by Crippen LogP contribution is 2.31. The van der Waals surface area contributed by atoms with Crippen molar-refractivity contribution in [2.45, 2.75) is 23.3 Å². The number of aromatic nitrogens is 3. The quantitative estimate of drug-likeness (QED) is 0.274. The van der Waals surface area contributed by atoms with Gasteiger partial charge in [0.25, 0.3) is 20.2 Å². The number of aryl methyl sites for hydroxylation is 1. The van der Waals surface area contributed by atoms with E-state index in [1.807, 2.05) is 30.3 Å². The van der Waals surface area contributed by atoms with Crippen LogP contribution in [-0.2, 0) is 26.8 Å². The van der Waals surface area contributed by atoms with Gasteiger partial charge in [-0.25, -0.2) is 0 Å². The van der Waals surface area contributed by atoms with E-state index in [-0.39, 0.29) is 23.0 Å². The lowest BCUT2D eigenvalue weighted by Crippen LogP contribution is -2.09. The Morgan fingerprint density at radius 3 is 2.12 bits per heavy atom. The molecule has 4 aromatic rings. The van der Waals surface area contributed by atoms with Gasteiger partial charge in [-0.15, -0.1) is 0 Å². The average molecular weight is 502 g/mol. The normalized spacial score (nSPS) is 12.0. The molecule has 11 nitrogen and oxygen atoms in total. The summed E-state index contributed by atoms with van der Waals surface area (Å²) < 4.78 is 65.5. The van der Waals surface area contributed by atoms with Gasteiger partial charge >= 0.3 is 0 Å². The molecule has 1 aromatic heterocycles. The topological polar surface area (TPSA) is 171 Å². The summed E-state index contributed by atoms with van der Waals surface area (Å²) in [6.45, 7) is 2.12. The van der Waals surface area contributed by atoms with Crippen molar-refractivity contribution in [3.63, 3.8) is 0 Å². The Balaban J connectivity index is 1.74. The van der Waals surface area contributed by atoms with Crippen LogP contribution in [0.1, 0.15) is 11.4 Å². The predicted octanol–water partition coefficient (Wildman–Crippen LogP) is 3.18. The van der Waals surface area contributed by atoms with Crippen LogP contribution in [0, 0.1) is 6.92 Å². The summed E-state index contributed by atoms with van der Waals surface area (Å²) in [5.74, 6) is 0.760. The number of nitrogens with one attached hydrogen (secondary N) is 2. The monoisotopic (exact) mass is 501 g/mol. The van der Waals surface area contributed by atoms with Gasteiger partial charge in [-0.05, 0) is 42.1 Å². The number of anilines is 3. The van der Waals surface area contributed by atoms with E-state index in [1.165, 1.54) is 18.2 Å². The lowest BCUT2D eigenvalue weighted by atomic mass is 10.1. The summed E-state index contributed by atoms with van der Waals surface area (Å²) in [4.78, 5) is 11.9. The Morgan fingerprint density at radius 1 is 0.794 bits per heavy atom. The zero-order valence-corrected chi connectivity index (χ0v) is 19.3. The standard InChI is InChI=1S/C21H19N5O6S2/c1-13-23-20(22-12-14-5-3-2-4-6-14)26-21(24-13)25-19-11-17(34(30,31)32)10-15-9-16(33(27,28)29)7-8-18(15)19/h2-11H,12H2,1H3,(H,27,28,29)(H,30,31,32)(H2,22,23,24,25,26). The molecule has 0 fully saturated rings. The molecule has 0 amide bonds. The van der Waals surface area contributed by atoms with Crippen LogP contribution in [0.25, 0.3) is 10.8 Å². The third kappa shape index (κ3) is 5.46. The molecule has 176 valence electrons. The summed E-state index contributed by atoms with van der Waals surface area (Å²) in [5, 5.41) is 6.54. The fraction of sp³-hybridized carbons (Fsp3) is 0.0952. The molecule has 3 aromatic carbocycles. The van der Waals surface area contributed by atoms with Crippen molar-refractivity contribution >= 4 is 48.6 Å². The molecular weight excluding hydrogens is 482 g/mol. The second-order valence-corrected chi connectivity index (χ2v) is 10.1. The first-order valence-corrected chi connectivity index (χ1v) is 12.7. The molecular formula is C21H19N5O6S2. The van der Waals surface area contributed by atoms with Gasteiger partial charge in [0, 0.05) is 11.9 Å². The third-order valence-corrected chi connectivity index (χ3v) is 6.46. The van der Waals surface area contributed by atoms with Gasteiger partial charge in [0.2, 0.25) is 11.9 Å². The van der Waals surface area contributed by atoms with Gasteiger partial charge in [-0.2, -0.15) is 31.8 Å². The minimum atomic E-state index is -4.63. The Morgan fingerprint density at radius 2 is 1.44 bits per heavy atom. The highest BCUT2D eigenvalue weighted by atomic mass is 32.2. The van der Waals surface area contributed by atoms with Crippen LogP contribution in [0.2, 0.25) is 0 Å². The summed E-state index contributed by atoms with van der Waals surface area (Å²) in [5.41, 5.74) is 1.20. The highest BCUT2D eigenvalue weighted by Gasteiger charge is 2.17. The van der Waals surface area contributed by atoms with Crippen molar-refractivity contribution in [2.24, 2.45) is 0 Å². The molecule has 4 rings (SSSR count). The Kier molecular flexibility index (Phi) is 6.18. The lowest BCUT2D eigenvalue weighted by Gasteiger charge is -2.13. The molecule has 0 atom stereocenters. The maximum atomic E-state index is 11.8. The van der Waals surface area contributed by atoms with Crippen LogP contribution in [0.15, 0.2) is 70.5 Å². The number of fused-ring (bicyclic) bond motifs is 1. The molecule has 0 bridgehead atoms. The third-order valence-electron chi connectivity index (χ3n) is 4.78. The second-order valence-electron chi connectivity index (χ2n) is 7.30. The smallest absolute Gasteiger partial charge is 0.294 e. The molecule has 1 heterocycles. The van der Waals surface area contributed by atoms with E-state index in [9.17, 15) is 25.9 Å². The molecule has 0 spiro atoms. The van der Waals surface area contributed by atoms with Gasteiger partial charge in [0.15, 0.2) is 0 Å². The molecule has 4 N–H and O–H groups in total. The minimum Gasteiger partial charge on any atom is -0.350 e. The zero-order chi connectivity index (χ0) is 24.5. The summed E-state index contributed by atoms with van der Waals surface area (Å²) in [6.07, 6.45) is 0. The highest BCUT2D eigenvalue weighted by molar-refractivity contribution is 7.86. The Labute approximate surface area is 195 Å². The van der Waals surface area contributed by atoms with E-state index in [2.05, 4.69) is 25.6 Å². The van der Waals surface area contributed by atoms with Crippen LogP contribution < -0.4 is 10.6 Å². The minimum absolute atomic E-state index is 0.0932. The average Bonchev–Trinajstić information content (AvgIpc) is 2.76. The van der Waals surface area contributed by atoms with Crippen molar-refractivity contribution < 1.29 is 25.9 Å². The fourth-order valence-electron chi connectivity index (χ4n) is 3.25. The molecule has 0 saturated carbocycles. The van der Waals surface area contributed by atoms with Crippen LogP contribution in [0.3, 0.4) is 0 Å². The maximum Gasteiger partial charge on any atom is 0.294 e. The van der Waals surface area contributed by atoms with E-state index in [0.29, 0.717) is 17.8 Å². The molecule has 0 radical (unpaired) electrons. The fourth-order valence-corrected chi connectivity index (χ4v) is 4.31. The molecule has 0 aliphatic rings. The van der Waals surface area contributed by atoms with Crippen LogP contribution in [0.4, 0.5) is 17.6 Å². The number of rotatable bonds is 7. The molecule has 13 heteroatoms. The van der Waals surface area contributed by atoms with Crippen LogP contribution >= 0.6 is 0 Å². The van der Waals surface area contributed by atoms with Crippen molar-refractivity contribution in [3.05, 3.63) is 72.1 Å². The van der Waals surface area contributed by atoms with Crippen molar-refractivity contribution in [1.82, 2.24) is 15.0 Å². The van der Waals surface area contributed by atoms with Gasteiger partial charge in [-0.3, -0.25) is 9.11 Å². The number of benzene rings is 3. The van der Waals surface area contributed by atoms with Crippen LogP contribution in [0.5, 0.6) is 0 Å². The second kappa shape index (κ2) is 8.95. The van der Waals surface area contributed by atoms with E-state index in [1.54, 1.807) is 6.92 Å². The first kappa shape index (κ1) is 23.5. The molecule has 0 aliphatic carbocycles. The van der Waals surface area contributed by atoms with E-state index >= 15 is 0 Å². The lowest BCUT2D eigenvalue weighted by molar-refractivity contribution is 0.481. The summed E-state index contributed by atoms with van der Waals surface area (Å²) in [7, 11) is -9.16. The Hall–Kier alpha value is -3.65. The van der Waals surface area contributed by atoms with E-state index < -0.39 is 30.0 Å². The largest absolute Gasteiger partial charge is 0.350 e. The summed E-state index contributed by atoms with van der Waals surface area (Å²) >= 11 is 0. The van der Waals surface area contributed by atoms with Crippen molar-refractivity contribution in [1.29, 1.82) is 0 Å². The van der Waals surface area contributed by atoms with Crippen LogP contribution in [-0.4, -0.2) is 40.9 Å². The van der Waals surface area contributed by atoms with Gasteiger partial charge in [-0.1, -0.05) is 36.4 Å². The first-order chi connectivity index (χ1) is 16.0. The van der Waals surface area contributed by atoms with Gasteiger partial charge in [0.1, 0.15) is 5.82 Å².